The molecule has 0 aliphatic carbocycles. The zero-order chi connectivity index (χ0) is 33.7. The Morgan fingerprint density at radius 1 is 0.872 bits per heavy atom. The molecule has 0 atom stereocenters. The number of benzene rings is 3. The number of pyridine rings is 1. The SMILES string of the molecule is CCC(C)(CC)C(=O)/C=C(\O)C(C)(CC)CC.C[Si](C)(C)c1cc(-c2nccc3cc(-c4ccccc4)[se]c23)[c-]c2ccccc12.[Ir]. The van der Waals surface area contributed by atoms with E-state index in [9.17, 15) is 9.90 Å². The van der Waals surface area contributed by atoms with Gasteiger partial charge in [-0.3, -0.25) is 4.79 Å². The number of ketones is 1. The van der Waals surface area contributed by atoms with Gasteiger partial charge in [0, 0.05) is 37.0 Å². The van der Waals surface area contributed by atoms with Gasteiger partial charge in [0.1, 0.15) is 5.76 Å². The number of aliphatic hydroxyl groups is 1. The van der Waals surface area contributed by atoms with Crippen molar-refractivity contribution in [2.45, 2.75) is 86.9 Å². The number of hydrogen-bond donors (Lipinski definition) is 1. The van der Waals surface area contributed by atoms with Crippen LogP contribution in [0.2, 0.25) is 19.6 Å². The van der Waals surface area contributed by atoms with E-state index in [-0.39, 0.29) is 57.0 Å². The van der Waals surface area contributed by atoms with Gasteiger partial charge in [-0.25, -0.2) is 0 Å². The molecule has 3 nitrogen and oxygen atoms in total. The van der Waals surface area contributed by atoms with Gasteiger partial charge in [-0.1, -0.05) is 41.5 Å². The molecular formula is C41H50IrNO2SeSi-. The monoisotopic (exact) mass is 889 g/mol. The van der Waals surface area contributed by atoms with E-state index in [0.717, 1.165) is 36.9 Å². The predicted octanol–water partition coefficient (Wildman–Crippen LogP) is 10.8. The van der Waals surface area contributed by atoms with Crippen LogP contribution < -0.4 is 5.19 Å². The minimum Gasteiger partial charge on any atom is 0 e. The van der Waals surface area contributed by atoms with Crippen molar-refractivity contribution in [1.82, 2.24) is 4.98 Å². The minimum absolute atomic E-state index is 0. The van der Waals surface area contributed by atoms with Crippen molar-refractivity contribution >= 4 is 54.0 Å². The van der Waals surface area contributed by atoms with E-state index in [4.69, 9.17) is 4.98 Å². The third kappa shape index (κ3) is 8.72. The molecule has 0 fully saturated rings. The van der Waals surface area contributed by atoms with Crippen LogP contribution in [0.5, 0.6) is 0 Å². The molecule has 47 heavy (non-hydrogen) atoms. The summed E-state index contributed by atoms with van der Waals surface area (Å²) in [6, 6.07) is 29.9. The number of carbonyl (C=O) groups is 1. The van der Waals surface area contributed by atoms with Gasteiger partial charge >= 0.3 is 179 Å². The Bertz CT molecular complexity index is 1830. The molecule has 5 rings (SSSR count). The zero-order valence-corrected chi connectivity index (χ0v) is 34.6. The first kappa shape index (κ1) is 38.8. The molecule has 2 aromatic heterocycles. The number of nitrogens with zero attached hydrogens (tertiary/aromatic N) is 1. The quantitative estimate of drug-likeness (QED) is 0.0658. The molecule has 0 bridgehead atoms. The van der Waals surface area contributed by atoms with Gasteiger partial charge in [-0.05, 0) is 25.7 Å². The molecule has 3 aromatic carbocycles. The fraction of sp³-hybridized carbons (Fsp3) is 0.366. The molecule has 1 radical (unpaired) electrons. The van der Waals surface area contributed by atoms with Crippen LogP contribution in [-0.2, 0) is 24.9 Å². The number of allylic oxidation sites excluding steroid dienone is 2. The summed E-state index contributed by atoms with van der Waals surface area (Å²) in [4.78, 5) is 17.0. The van der Waals surface area contributed by atoms with Crippen LogP contribution in [0.15, 0.2) is 90.8 Å². The smallest absolute Gasteiger partial charge is 0 e. The number of fused-ring (bicyclic) bond motifs is 2. The van der Waals surface area contributed by atoms with E-state index >= 15 is 0 Å². The molecule has 251 valence electrons. The normalized spacial score (nSPS) is 12.4. The van der Waals surface area contributed by atoms with Gasteiger partial charge in [0.05, 0.1) is 0 Å². The maximum absolute atomic E-state index is 12.2. The Morgan fingerprint density at radius 3 is 2.06 bits per heavy atom. The van der Waals surface area contributed by atoms with Crippen molar-refractivity contribution in [3.63, 3.8) is 0 Å². The number of rotatable bonds is 10. The fourth-order valence-corrected chi connectivity index (χ4v) is 9.61. The van der Waals surface area contributed by atoms with Gasteiger partial charge in [0.2, 0.25) is 0 Å². The molecule has 0 aliphatic rings. The van der Waals surface area contributed by atoms with E-state index < -0.39 is 8.07 Å². The average Bonchev–Trinajstić information content (AvgIpc) is 3.52. The molecule has 1 N–H and O–H groups in total. The summed E-state index contributed by atoms with van der Waals surface area (Å²) in [6.07, 6.45) is 6.70. The molecule has 0 aliphatic heterocycles. The number of aliphatic hydroxyl groups excluding tert-OH is 1. The summed E-state index contributed by atoms with van der Waals surface area (Å²) in [5, 5.41) is 15.5. The third-order valence-electron chi connectivity index (χ3n) is 9.93. The van der Waals surface area contributed by atoms with Gasteiger partial charge in [0.25, 0.3) is 0 Å². The van der Waals surface area contributed by atoms with E-state index in [1.165, 1.54) is 41.7 Å². The van der Waals surface area contributed by atoms with E-state index in [1.807, 2.05) is 47.7 Å². The van der Waals surface area contributed by atoms with E-state index in [2.05, 4.69) is 98.5 Å². The minimum atomic E-state index is -1.51. The topological polar surface area (TPSA) is 50.2 Å². The first-order valence-corrected chi connectivity index (χ1v) is 21.9. The molecule has 5 aromatic rings. The third-order valence-corrected chi connectivity index (χ3v) is 14.5. The molecular weight excluding hydrogens is 838 g/mol. The van der Waals surface area contributed by atoms with Crippen LogP contribution in [0.25, 0.3) is 41.7 Å². The van der Waals surface area contributed by atoms with Gasteiger partial charge < -0.3 is 5.11 Å². The molecule has 2 heterocycles. The van der Waals surface area contributed by atoms with Crippen molar-refractivity contribution in [3.8, 4) is 21.3 Å². The molecule has 0 saturated heterocycles. The van der Waals surface area contributed by atoms with Crippen LogP contribution in [0.1, 0.15) is 67.2 Å². The van der Waals surface area contributed by atoms with Crippen molar-refractivity contribution < 1.29 is 30.0 Å². The van der Waals surface area contributed by atoms with Crippen molar-refractivity contribution in [2.24, 2.45) is 10.8 Å². The summed E-state index contributed by atoms with van der Waals surface area (Å²) in [7, 11) is -1.51. The van der Waals surface area contributed by atoms with Crippen LogP contribution >= 0.6 is 0 Å². The summed E-state index contributed by atoms with van der Waals surface area (Å²) in [5.41, 5.74) is 2.96. The standard InChI is InChI=1S/C26H22NSeSi.C15H28O2.Ir/c1-29(2,3)24-17-21(15-19-11-7-8-12-22(19)24)25-26-20(13-14-27-25)16-23(28-26)18-9-5-4-6-10-18;1-7-14(5,8-2)12(16)11-13(17)15(6,9-3)10-4;/h4-14,16-17H,1-3H3;11,16H,7-10H2,1-6H3;/q-1;;/b;12-11-;. The van der Waals surface area contributed by atoms with Gasteiger partial charge in [0.15, 0.2) is 5.78 Å². The second kappa shape index (κ2) is 16.2. The Kier molecular flexibility index (Phi) is 13.4. The Balaban J connectivity index is 0.000000290. The second-order valence-corrected chi connectivity index (χ2v) is 21.1. The Hall–Kier alpha value is -2.59. The summed E-state index contributed by atoms with van der Waals surface area (Å²) >= 11 is 0.249. The maximum Gasteiger partial charge on any atom is 0 e. The molecule has 0 spiro atoms. The Labute approximate surface area is 303 Å². The summed E-state index contributed by atoms with van der Waals surface area (Å²) < 4.78 is 2.81. The Morgan fingerprint density at radius 2 is 1.47 bits per heavy atom. The van der Waals surface area contributed by atoms with Crippen molar-refractivity contribution in [3.05, 3.63) is 96.9 Å². The van der Waals surface area contributed by atoms with Crippen LogP contribution in [0.4, 0.5) is 0 Å². The summed E-state index contributed by atoms with van der Waals surface area (Å²) in [6.45, 7) is 19.3. The van der Waals surface area contributed by atoms with Crippen LogP contribution in [-0.4, -0.2) is 38.5 Å². The largest absolute Gasteiger partial charge is 0 e. The molecule has 0 saturated carbocycles. The molecule has 0 amide bonds. The summed E-state index contributed by atoms with van der Waals surface area (Å²) in [5.74, 6) is 0.286. The molecule has 0 unspecified atom stereocenters. The van der Waals surface area contributed by atoms with Crippen molar-refractivity contribution in [2.75, 3.05) is 0 Å². The first-order valence-electron chi connectivity index (χ1n) is 16.7. The predicted molar refractivity (Wildman–Crippen MR) is 202 cm³/mol. The molecule has 6 heteroatoms. The average molecular weight is 888 g/mol. The van der Waals surface area contributed by atoms with Gasteiger partial charge in [-0.2, -0.15) is 0 Å². The maximum atomic E-state index is 12.2. The van der Waals surface area contributed by atoms with Gasteiger partial charge in [-0.15, -0.1) is 0 Å². The number of hydrogen-bond acceptors (Lipinski definition) is 3. The number of carbonyl (C=O) groups excluding carboxylic acids is 1. The van der Waals surface area contributed by atoms with Crippen LogP contribution in [0.3, 0.4) is 0 Å². The van der Waals surface area contributed by atoms with E-state index in [0.29, 0.717) is 0 Å². The fourth-order valence-electron chi connectivity index (χ4n) is 5.56. The first-order chi connectivity index (χ1) is 21.8. The second-order valence-electron chi connectivity index (χ2n) is 13.9. The van der Waals surface area contributed by atoms with Crippen molar-refractivity contribution in [1.29, 1.82) is 0 Å². The zero-order valence-electron chi connectivity index (χ0n) is 29.5. The van der Waals surface area contributed by atoms with E-state index in [1.54, 1.807) is 0 Å². The number of aromatic nitrogens is 1. The van der Waals surface area contributed by atoms with Crippen LogP contribution in [0, 0.1) is 16.9 Å².